The predicted molar refractivity (Wildman–Crippen MR) is 86.8 cm³/mol. The summed E-state index contributed by atoms with van der Waals surface area (Å²) in [5, 5.41) is 7.29. The molecule has 2 nitrogen and oxygen atoms in total. The van der Waals surface area contributed by atoms with Crippen LogP contribution in [0.1, 0.15) is 44.6 Å². The van der Waals surface area contributed by atoms with Crippen molar-refractivity contribution in [1.29, 1.82) is 0 Å². The maximum absolute atomic E-state index is 3.67. The molecule has 106 valence electrons. The minimum atomic E-state index is 0.495. The van der Waals surface area contributed by atoms with Gasteiger partial charge in [0.15, 0.2) is 0 Å². The SMILES string of the molecule is Cc1ccc(NC(C)CC2CCCCCN2)c(Br)c1. The average molecular weight is 325 g/mol. The van der Waals surface area contributed by atoms with Crippen LogP contribution in [0.15, 0.2) is 22.7 Å². The van der Waals surface area contributed by atoms with E-state index in [1.54, 1.807) is 0 Å². The summed E-state index contributed by atoms with van der Waals surface area (Å²) in [7, 11) is 0. The highest BCUT2D eigenvalue weighted by Crippen LogP contribution is 2.25. The van der Waals surface area contributed by atoms with Crippen LogP contribution in [-0.2, 0) is 0 Å². The second-order valence-electron chi connectivity index (χ2n) is 5.76. The van der Waals surface area contributed by atoms with E-state index in [1.165, 1.54) is 49.9 Å². The van der Waals surface area contributed by atoms with E-state index in [0.717, 1.165) is 4.47 Å². The number of nitrogens with one attached hydrogen (secondary N) is 2. The summed E-state index contributed by atoms with van der Waals surface area (Å²) >= 11 is 3.64. The van der Waals surface area contributed by atoms with Gasteiger partial charge in [-0.3, -0.25) is 0 Å². The molecule has 2 N–H and O–H groups in total. The first-order valence-electron chi connectivity index (χ1n) is 7.41. The van der Waals surface area contributed by atoms with Gasteiger partial charge in [0.1, 0.15) is 0 Å². The molecule has 2 rings (SSSR count). The number of anilines is 1. The van der Waals surface area contributed by atoms with E-state index in [2.05, 4.69) is 58.6 Å². The number of rotatable bonds is 4. The van der Waals surface area contributed by atoms with Crippen molar-refractivity contribution in [2.24, 2.45) is 0 Å². The minimum Gasteiger partial charge on any atom is -0.382 e. The fourth-order valence-electron chi connectivity index (χ4n) is 2.79. The van der Waals surface area contributed by atoms with Gasteiger partial charge in [0.05, 0.1) is 0 Å². The van der Waals surface area contributed by atoms with Crippen molar-refractivity contribution in [3.63, 3.8) is 0 Å². The number of aryl methyl sites for hydroxylation is 1. The first kappa shape index (κ1) is 14.9. The zero-order valence-electron chi connectivity index (χ0n) is 12.0. The molecule has 1 aliphatic rings. The minimum absolute atomic E-state index is 0.495. The summed E-state index contributed by atoms with van der Waals surface area (Å²) in [6.07, 6.45) is 6.61. The van der Waals surface area contributed by atoms with Gasteiger partial charge < -0.3 is 10.6 Å². The Morgan fingerprint density at radius 1 is 1.37 bits per heavy atom. The van der Waals surface area contributed by atoms with E-state index in [-0.39, 0.29) is 0 Å². The Kier molecular flexibility index (Phi) is 5.71. The largest absolute Gasteiger partial charge is 0.382 e. The molecule has 0 radical (unpaired) electrons. The number of hydrogen-bond acceptors (Lipinski definition) is 2. The van der Waals surface area contributed by atoms with Gasteiger partial charge in [-0.25, -0.2) is 0 Å². The molecular weight excluding hydrogens is 300 g/mol. The number of benzene rings is 1. The van der Waals surface area contributed by atoms with Crippen LogP contribution >= 0.6 is 15.9 Å². The lowest BCUT2D eigenvalue weighted by Crippen LogP contribution is -2.33. The molecule has 3 heteroatoms. The van der Waals surface area contributed by atoms with Crippen LogP contribution in [0, 0.1) is 6.92 Å². The third-order valence-electron chi connectivity index (χ3n) is 3.83. The Morgan fingerprint density at radius 2 is 2.21 bits per heavy atom. The third-order valence-corrected chi connectivity index (χ3v) is 4.48. The molecule has 0 bridgehead atoms. The van der Waals surface area contributed by atoms with Crippen LogP contribution in [0.4, 0.5) is 5.69 Å². The molecule has 0 spiro atoms. The fourth-order valence-corrected chi connectivity index (χ4v) is 3.40. The monoisotopic (exact) mass is 324 g/mol. The van der Waals surface area contributed by atoms with Gasteiger partial charge in [-0.2, -0.15) is 0 Å². The lowest BCUT2D eigenvalue weighted by molar-refractivity contribution is 0.456. The topological polar surface area (TPSA) is 24.1 Å². The highest BCUT2D eigenvalue weighted by atomic mass is 79.9. The Labute approximate surface area is 125 Å². The first-order chi connectivity index (χ1) is 9.15. The predicted octanol–water partition coefficient (Wildman–Crippen LogP) is 4.48. The molecule has 2 unspecified atom stereocenters. The smallest absolute Gasteiger partial charge is 0.0486 e. The number of halogens is 1. The molecule has 0 saturated carbocycles. The zero-order valence-corrected chi connectivity index (χ0v) is 13.6. The highest BCUT2D eigenvalue weighted by molar-refractivity contribution is 9.10. The normalized spacial score (nSPS) is 21.7. The zero-order chi connectivity index (χ0) is 13.7. The van der Waals surface area contributed by atoms with Crippen molar-refractivity contribution in [2.45, 2.75) is 58.0 Å². The highest BCUT2D eigenvalue weighted by Gasteiger charge is 2.15. The van der Waals surface area contributed by atoms with Crippen LogP contribution in [0.3, 0.4) is 0 Å². The molecule has 2 atom stereocenters. The lowest BCUT2D eigenvalue weighted by atomic mass is 10.0. The van der Waals surface area contributed by atoms with Gasteiger partial charge in [-0.1, -0.05) is 18.9 Å². The van der Waals surface area contributed by atoms with Crippen molar-refractivity contribution in [3.8, 4) is 0 Å². The van der Waals surface area contributed by atoms with Crippen LogP contribution < -0.4 is 10.6 Å². The third kappa shape index (κ3) is 4.81. The average Bonchev–Trinajstić information content (AvgIpc) is 2.61. The lowest BCUT2D eigenvalue weighted by Gasteiger charge is -2.23. The van der Waals surface area contributed by atoms with Gasteiger partial charge in [-0.15, -0.1) is 0 Å². The molecule has 1 saturated heterocycles. The molecule has 19 heavy (non-hydrogen) atoms. The molecule has 0 aliphatic carbocycles. The molecule has 1 fully saturated rings. The molecule has 1 aliphatic heterocycles. The molecule has 0 aromatic heterocycles. The fraction of sp³-hybridized carbons (Fsp3) is 0.625. The summed E-state index contributed by atoms with van der Waals surface area (Å²) in [6, 6.07) is 7.66. The molecule has 1 heterocycles. The molecule has 1 aromatic carbocycles. The summed E-state index contributed by atoms with van der Waals surface area (Å²) < 4.78 is 1.16. The van der Waals surface area contributed by atoms with Gasteiger partial charge in [0, 0.05) is 22.2 Å². The number of hydrogen-bond donors (Lipinski definition) is 2. The molecule has 1 aromatic rings. The van der Waals surface area contributed by atoms with Crippen LogP contribution in [-0.4, -0.2) is 18.6 Å². The van der Waals surface area contributed by atoms with Crippen molar-refractivity contribution in [3.05, 3.63) is 28.2 Å². The standard InChI is InChI=1S/C16H25BrN2/c1-12-7-8-16(15(17)10-12)19-13(2)11-14-6-4-3-5-9-18-14/h7-8,10,13-14,18-19H,3-6,9,11H2,1-2H3. The summed E-state index contributed by atoms with van der Waals surface area (Å²) in [6.45, 7) is 5.58. The van der Waals surface area contributed by atoms with Crippen molar-refractivity contribution < 1.29 is 0 Å². The van der Waals surface area contributed by atoms with Crippen molar-refractivity contribution >= 4 is 21.6 Å². The Morgan fingerprint density at radius 3 is 3.00 bits per heavy atom. The van der Waals surface area contributed by atoms with Crippen LogP contribution in [0.25, 0.3) is 0 Å². The van der Waals surface area contributed by atoms with E-state index < -0.39 is 0 Å². The van der Waals surface area contributed by atoms with Gasteiger partial charge in [0.2, 0.25) is 0 Å². The van der Waals surface area contributed by atoms with Crippen molar-refractivity contribution in [1.82, 2.24) is 5.32 Å². The second-order valence-corrected chi connectivity index (χ2v) is 6.62. The quantitative estimate of drug-likeness (QED) is 0.853. The van der Waals surface area contributed by atoms with E-state index >= 15 is 0 Å². The summed E-state index contributed by atoms with van der Waals surface area (Å²) in [5.41, 5.74) is 2.49. The van der Waals surface area contributed by atoms with Crippen LogP contribution in [0.2, 0.25) is 0 Å². The van der Waals surface area contributed by atoms with Crippen LogP contribution in [0.5, 0.6) is 0 Å². The first-order valence-corrected chi connectivity index (χ1v) is 8.20. The second kappa shape index (κ2) is 7.30. The van der Waals surface area contributed by atoms with E-state index in [9.17, 15) is 0 Å². The maximum Gasteiger partial charge on any atom is 0.0486 e. The maximum atomic E-state index is 3.67. The molecular formula is C16H25BrN2. The van der Waals surface area contributed by atoms with Gasteiger partial charge in [0.25, 0.3) is 0 Å². The van der Waals surface area contributed by atoms with Crippen molar-refractivity contribution in [2.75, 3.05) is 11.9 Å². The van der Waals surface area contributed by atoms with E-state index in [1.807, 2.05) is 0 Å². The van der Waals surface area contributed by atoms with Gasteiger partial charge >= 0.3 is 0 Å². The van der Waals surface area contributed by atoms with E-state index in [4.69, 9.17) is 0 Å². The summed E-state index contributed by atoms with van der Waals surface area (Å²) in [4.78, 5) is 0. The van der Waals surface area contributed by atoms with E-state index in [0.29, 0.717) is 12.1 Å². The Bertz CT molecular complexity index is 398. The summed E-state index contributed by atoms with van der Waals surface area (Å²) in [5.74, 6) is 0. The Balaban J connectivity index is 1.87. The van der Waals surface area contributed by atoms with Gasteiger partial charge in [-0.05, 0) is 73.3 Å². The Hall–Kier alpha value is -0.540. The molecule has 0 amide bonds.